The first-order valence-electron chi connectivity index (χ1n) is 8.66. The number of likely N-dealkylation sites (tertiary alicyclic amines) is 1. The summed E-state index contributed by atoms with van der Waals surface area (Å²) in [6.07, 6.45) is 2.78. The molecule has 0 aliphatic carbocycles. The van der Waals surface area contributed by atoms with E-state index in [-0.39, 0.29) is 28.0 Å². The molecule has 0 spiro atoms. The van der Waals surface area contributed by atoms with Crippen molar-refractivity contribution in [3.8, 4) is 6.07 Å². The van der Waals surface area contributed by atoms with Crippen LogP contribution < -0.4 is 5.32 Å². The number of nitrogens with zero attached hydrogens (tertiary/aromatic N) is 2. The van der Waals surface area contributed by atoms with Crippen LogP contribution in [0.4, 0.5) is 5.69 Å². The van der Waals surface area contributed by atoms with Crippen LogP contribution in [0.2, 0.25) is 0 Å². The van der Waals surface area contributed by atoms with E-state index in [1.807, 2.05) is 6.07 Å². The Morgan fingerprint density at radius 1 is 1.46 bits per heavy atom. The molecule has 0 radical (unpaired) electrons. The maximum absolute atomic E-state index is 12.4. The van der Waals surface area contributed by atoms with Gasteiger partial charge in [-0.1, -0.05) is 6.07 Å². The topological polar surface area (TPSA) is 137 Å². The highest BCUT2D eigenvalue weighted by atomic mass is 32.2. The molecule has 1 heterocycles. The van der Waals surface area contributed by atoms with Gasteiger partial charge in [-0.05, 0) is 38.0 Å². The van der Waals surface area contributed by atoms with Crippen LogP contribution in [0.25, 0.3) is 0 Å². The Balaban J connectivity index is 2.11. The summed E-state index contributed by atoms with van der Waals surface area (Å²) in [5, 5.41) is 11.7. The lowest BCUT2D eigenvalue weighted by atomic mass is 9.98. The third-order valence-electron chi connectivity index (χ3n) is 4.14. The first-order valence-corrected chi connectivity index (χ1v) is 10.1. The van der Waals surface area contributed by atoms with E-state index in [0.29, 0.717) is 26.1 Å². The molecule has 9 nitrogen and oxygen atoms in total. The summed E-state index contributed by atoms with van der Waals surface area (Å²) in [7, 11) is -4.41. The van der Waals surface area contributed by atoms with Gasteiger partial charge in [-0.25, -0.2) is 0 Å². The molecule has 150 valence electrons. The van der Waals surface area contributed by atoms with Gasteiger partial charge in [0.2, 0.25) is 0 Å². The molecule has 10 heteroatoms. The molecule has 1 fully saturated rings. The molecular formula is C18H21N3O6S. The smallest absolute Gasteiger partial charge is 0.310 e. The quantitative estimate of drug-likeness (QED) is 0.314. The van der Waals surface area contributed by atoms with E-state index in [1.54, 1.807) is 11.8 Å². The average Bonchev–Trinajstić information content (AvgIpc) is 2.66. The van der Waals surface area contributed by atoms with Gasteiger partial charge >= 0.3 is 5.97 Å². The van der Waals surface area contributed by atoms with Gasteiger partial charge in [0.25, 0.3) is 16.0 Å². The largest absolute Gasteiger partial charge is 0.466 e. The summed E-state index contributed by atoms with van der Waals surface area (Å²) in [6.45, 7) is 2.95. The van der Waals surface area contributed by atoms with Crippen molar-refractivity contribution in [3.05, 3.63) is 36.0 Å². The van der Waals surface area contributed by atoms with Gasteiger partial charge < -0.3 is 15.0 Å². The number of carbonyl (C=O) groups excluding carboxylic acids is 2. The second-order valence-corrected chi connectivity index (χ2v) is 7.62. The zero-order chi connectivity index (χ0) is 20.7. The zero-order valence-electron chi connectivity index (χ0n) is 15.3. The summed E-state index contributed by atoms with van der Waals surface area (Å²) in [4.78, 5) is 25.6. The minimum atomic E-state index is -4.41. The van der Waals surface area contributed by atoms with Gasteiger partial charge in [-0.15, -0.1) is 0 Å². The molecule has 1 saturated heterocycles. The minimum absolute atomic E-state index is 0.115. The number of esters is 1. The Labute approximate surface area is 163 Å². The van der Waals surface area contributed by atoms with E-state index < -0.39 is 16.0 Å². The van der Waals surface area contributed by atoms with Crippen molar-refractivity contribution in [1.82, 2.24) is 4.90 Å². The van der Waals surface area contributed by atoms with Crippen LogP contribution in [-0.2, 0) is 24.4 Å². The summed E-state index contributed by atoms with van der Waals surface area (Å²) in [6, 6.07) is 6.85. The van der Waals surface area contributed by atoms with Gasteiger partial charge in [0.1, 0.15) is 11.6 Å². The summed E-state index contributed by atoms with van der Waals surface area (Å²) >= 11 is 0. The summed E-state index contributed by atoms with van der Waals surface area (Å²) < 4.78 is 36.5. The predicted octanol–water partition coefficient (Wildman–Crippen LogP) is 1.55. The number of piperidine rings is 1. The van der Waals surface area contributed by atoms with E-state index in [2.05, 4.69) is 5.32 Å². The molecule has 0 saturated carbocycles. The molecule has 28 heavy (non-hydrogen) atoms. The van der Waals surface area contributed by atoms with E-state index in [0.717, 1.165) is 12.5 Å². The number of carbonyl (C=O) groups is 2. The Bertz CT molecular complexity index is 919. The lowest BCUT2D eigenvalue weighted by Crippen LogP contribution is -2.37. The molecule has 1 aromatic rings. The highest BCUT2D eigenvalue weighted by molar-refractivity contribution is 7.85. The van der Waals surface area contributed by atoms with Crippen molar-refractivity contribution in [1.29, 1.82) is 5.26 Å². The fraction of sp³-hybridized carbons (Fsp3) is 0.389. The monoisotopic (exact) mass is 407 g/mol. The zero-order valence-corrected chi connectivity index (χ0v) is 16.1. The first kappa shape index (κ1) is 21.4. The van der Waals surface area contributed by atoms with E-state index in [9.17, 15) is 23.3 Å². The van der Waals surface area contributed by atoms with Gasteiger partial charge in [-0.3, -0.25) is 14.1 Å². The lowest BCUT2D eigenvalue weighted by Gasteiger charge is -2.30. The average molecular weight is 407 g/mol. The standard InChI is InChI=1S/C18H21N3O6S/c1-2-27-18(23)13-5-4-8-21(11-13)12-14(10-19)17(22)20-15-6-3-7-16(9-15)28(24,25)26/h3,6-7,9,12-13H,2,4-5,8,11H2,1H3,(H,20,22)(H,24,25,26)/b14-12-. The fourth-order valence-corrected chi connectivity index (χ4v) is 3.36. The van der Waals surface area contributed by atoms with Gasteiger partial charge in [0.05, 0.1) is 17.4 Å². The number of anilines is 1. The van der Waals surface area contributed by atoms with Crippen LogP contribution in [0, 0.1) is 17.2 Å². The van der Waals surface area contributed by atoms with Crippen LogP contribution in [0.1, 0.15) is 19.8 Å². The molecule has 1 aromatic carbocycles. The highest BCUT2D eigenvalue weighted by Gasteiger charge is 2.26. The number of hydrogen-bond acceptors (Lipinski definition) is 7. The van der Waals surface area contributed by atoms with Gasteiger partial charge in [0.15, 0.2) is 0 Å². The van der Waals surface area contributed by atoms with E-state index in [1.165, 1.54) is 24.4 Å². The van der Waals surface area contributed by atoms with Crippen molar-refractivity contribution in [3.63, 3.8) is 0 Å². The number of amides is 1. The number of benzene rings is 1. The SMILES string of the molecule is CCOC(=O)C1CCCN(/C=C(/C#N)C(=O)Nc2cccc(S(=O)(=O)O)c2)C1. The van der Waals surface area contributed by atoms with Crippen LogP contribution in [-0.4, -0.2) is 49.4 Å². The Hall–Kier alpha value is -2.90. The van der Waals surface area contributed by atoms with Crippen molar-refractivity contribution in [2.45, 2.75) is 24.7 Å². The van der Waals surface area contributed by atoms with Crippen molar-refractivity contribution in [2.75, 3.05) is 25.0 Å². The summed E-state index contributed by atoms with van der Waals surface area (Å²) in [5.41, 5.74) is -0.0777. The molecule has 1 aliphatic rings. The fourth-order valence-electron chi connectivity index (χ4n) is 2.83. The minimum Gasteiger partial charge on any atom is -0.466 e. The molecule has 1 amide bonds. The lowest BCUT2D eigenvalue weighted by molar-refractivity contribution is -0.149. The van der Waals surface area contributed by atoms with E-state index in [4.69, 9.17) is 9.29 Å². The van der Waals surface area contributed by atoms with Crippen LogP contribution >= 0.6 is 0 Å². The highest BCUT2D eigenvalue weighted by Crippen LogP contribution is 2.20. The maximum atomic E-state index is 12.4. The molecule has 1 unspecified atom stereocenters. The first-order chi connectivity index (χ1) is 13.2. The predicted molar refractivity (Wildman–Crippen MR) is 99.5 cm³/mol. The number of rotatable bonds is 6. The molecule has 1 aliphatic heterocycles. The second-order valence-electron chi connectivity index (χ2n) is 6.20. The van der Waals surface area contributed by atoms with Gasteiger partial charge in [-0.2, -0.15) is 13.7 Å². The molecule has 1 atom stereocenters. The van der Waals surface area contributed by atoms with Crippen molar-refractivity contribution < 1.29 is 27.3 Å². The summed E-state index contributed by atoms with van der Waals surface area (Å²) in [5.74, 6) is -1.35. The Morgan fingerprint density at radius 3 is 2.86 bits per heavy atom. The maximum Gasteiger partial charge on any atom is 0.310 e. The second kappa shape index (κ2) is 9.34. The number of nitriles is 1. The molecular weight excluding hydrogens is 386 g/mol. The van der Waals surface area contributed by atoms with Crippen LogP contribution in [0.15, 0.2) is 40.9 Å². The van der Waals surface area contributed by atoms with Gasteiger partial charge in [0, 0.05) is 25.0 Å². The number of nitrogens with one attached hydrogen (secondary N) is 1. The molecule has 2 N–H and O–H groups in total. The number of hydrogen-bond donors (Lipinski definition) is 2. The van der Waals surface area contributed by atoms with Crippen LogP contribution in [0.3, 0.4) is 0 Å². The van der Waals surface area contributed by atoms with E-state index >= 15 is 0 Å². The van der Waals surface area contributed by atoms with Crippen molar-refractivity contribution in [2.24, 2.45) is 5.92 Å². The Kier molecular flexibility index (Phi) is 7.14. The van der Waals surface area contributed by atoms with Crippen molar-refractivity contribution >= 4 is 27.7 Å². The molecule has 0 aromatic heterocycles. The Morgan fingerprint density at radius 2 is 2.21 bits per heavy atom. The molecule has 2 rings (SSSR count). The number of ether oxygens (including phenoxy) is 1. The normalized spacial score (nSPS) is 17.5. The third-order valence-corrected chi connectivity index (χ3v) is 4.99. The van der Waals surface area contributed by atoms with Crippen LogP contribution in [0.5, 0.6) is 0 Å². The molecule has 0 bridgehead atoms. The third kappa shape index (κ3) is 5.80.